The van der Waals surface area contributed by atoms with E-state index in [0.29, 0.717) is 18.7 Å². The van der Waals surface area contributed by atoms with E-state index in [9.17, 15) is 23.1 Å². The number of nitrogens with zero attached hydrogens (tertiary/aromatic N) is 1. The number of ketones is 1. The fraction of sp³-hybridized carbons (Fsp3) is 0.280. The van der Waals surface area contributed by atoms with Crippen LogP contribution in [0.1, 0.15) is 6.42 Å². The van der Waals surface area contributed by atoms with E-state index in [2.05, 4.69) is 4.74 Å². The molecule has 178 valence electrons. The molecule has 0 saturated heterocycles. The second-order valence-corrected chi connectivity index (χ2v) is 10.3. The predicted octanol–water partition coefficient (Wildman–Crippen LogP) is 2.29. The number of methoxy groups -OCH3 is 1. The fourth-order valence-electron chi connectivity index (χ4n) is 4.02. The van der Waals surface area contributed by atoms with Gasteiger partial charge in [0.25, 0.3) is 0 Å². The minimum atomic E-state index is -4.08. The van der Waals surface area contributed by atoms with Gasteiger partial charge in [-0.3, -0.25) is 4.79 Å². The van der Waals surface area contributed by atoms with Crippen molar-refractivity contribution in [2.24, 2.45) is 5.92 Å². The zero-order valence-corrected chi connectivity index (χ0v) is 19.4. The summed E-state index contributed by atoms with van der Waals surface area (Å²) in [5.41, 5.74) is -0.726. The Bertz CT molecular complexity index is 1240. The van der Waals surface area contributed by atoms with Crippen molar-refractivity contribution >= 4 is 27.3 Å². The first kappa shape index (κ1) is 23.7. The van der Waals surface area contributed by atoms with Crippen LogP contribution in [0.25, 0.3) is 0 Å². The number of hydrogen-bond donors (Lipinski definition) is 1. The fourth-order valence-corrected chi connectivity index (χ4v) is 5.56. The molecule has 0 radical (unpaired) electrons. The number of hydrogen-bond acceptors (Lipinski definition) is 8. The van der Waals surface area contributed by atoms with Crippen LogP contribution in [0.5, 0.6) is 5.75 Å². The Morgan fingerprint density at radius 2 is 1.85 bits per heavy atom. The molecule has 2 aromatic rings. The molecular weight excluding hydrogens is 458 g/mol. The smallest absolute Gasteiger partial charge is 0.342 e. The van der Waals surface area contributed by atoms with Gasteiger partial charge in [-0.05, 0) is 42.0 Å². The number of allylic oxidation sites excluding steroid dienone is 2. The lowest BCUT2D eigenvalue weighted by molar-refractivity contribution is -0.162. The Balaban J connectivity index is 1.50. The molecule has 4 rings (SSSR count). The summed E-state index contributed by atoms with van der Waals surface area (Å²) in [5.74, 6) is -1.65. The van der Waals surface area contributed by atoms with E-state index in [-0.39, 0.29) is 16.6 Å². The van der Waals surface area contributed by atoms with Gasteiger partial charge in [0.05, 0.1) is 23.7 Å². The van der Waals surface area contributed by atoms with Gasteiger partial charge in [-0.25, -0.2) is 13.2 Å². The molecule has 2 aromatic carbocycles. The zero-order valence-electron chi connectivity index (χ0n) is 18.6. The molecule has 1 aliphatic carbocycles. The topological polar surface area (TPSA) is 110 Å². The third kappa shape index (κ3) is 4.90. The maximum Gasteiger partial charge on any atom is 0.342 e. The van der Waals surface area contributed by atoms with Gasteiger partial charge in [0.15, 0.2) is 9.84 Å². The lowest BCUT2D eigenvalue weighted by atomic mass is 9.90. The highest BCUT2D eigenvalue weighted by molar-refractivity contribution is 7.91. The summed E-state index contributed by atoms with van der Waals surface area (Å²) in [6.07, 6.45) is 6.09. The number of para-hydroxylation sites is 1. The number of Topliss-reactive ketones (excluding diaryl/α,β-unsaturated/α-hetero) is 1. The van der Waals surface area contributed by atoms with E-state index in [1.54, 1.807) is 42.5 Å². The first-order valence-corrected chi connectivity index (χ1v) is 12.4. The minimum absolute atomic E-state index is 0.0569. The molecule has 34 heavy (non-hydrogen) atoms. The Labute approximate surface area is 198 Å². The standard InChI is InChI=1S/C25H25NO7S/c1-32-24(28)25(29,16-33-20-7-3-2-4-8-20)17-34(30,31)21-12-10-19(11-13-21)26-14-18-6-5-9-23(27)22(18)15-26/h2-8,10-14,22,29H,9,15-17H2,1H3. The van der Waals surface area contributed by atoms with Crippen LogP contribution in [0.15, 0.2) is 83.4 Å². The van der Waals surface area contributed by atoms with Crippen LogP contribution in [-0.2, 0) is 24.2 Å². The third-order valence-electron chi connectivity index (χ3n) is 5.85. The molecule has 8 nitrogen and oxygen atoms in total. The summed E-state index contributed by atoms with van der Waals surface area (Å²) < 4.78 is 36.2. The molecule has 0 aromatic heterocycles. The average molecular weight is 484 g/mol. The van der Waals surface area contributed by atoms with Crippen LogP contribution >= 0.6 is 0 Å². The molecule has 1 aliphatic heterocycles. The van der Waals surface area contributed by atoms with Crippen molar-refractivity contribution in [1.29, 1.82) is 0 Å². The minimum Gasteiger partial charge on any atom is -0.490 e. The number of anilines is 1. The largest absolute Gasteiger partial charge is 0.490 e. The quantitative estimate of drug-likeness (QED) is 0.570. The number of sulfone groups is 1. The van der Waals surface area contributed by atoms with Gasteiger partial charge in [-0.15, -0.1) is 0 Å². The number of carbonyl (C=O) groups excluding carboxylic acids is 2. The lowest BCUT2D eigenvalue weighted by Gasteiger charge is -2.25. The second-order valence-electron chi connectivity index (χ2n) is 8.28. The highest BCUT2D eigenvalue weighted by Gasteiger charge is 2.43. The Hall–Kier alpha value is -3.43. The normalized spacial score (nSPS) is 19.2. The molecule has 0 amide bonds. The van der Waals surface area contributed by atoms with Gasteiger partial charge in [0.2, 0.25) is 5.60 Å². The van der Waals surface area contributed by atoms with Gasteiger partial charge in [0, 0.05) is 24.9 Å². The molecule has 9 heteroatoms. The number of esters is 1. The van der Waals surface area contributed by atoms with Gasteiger partial charge in [-0.2, -0.15) is 0 Å². The summed E-state index contributed by atoms with van der Waals surface area (Å²) in [5, 5.41) is 10.9. The van der Waals surface area contributed by atoms with Gasteiger partial charge in [0.1, 0.15) is 18.1 Å². The van der Waals surface area contributed by atoms with E-state index in [0.717, 1.165) is 18.4 Å². The van der Waals surface area contributed by atoms with Gasteiger partial charge in [-0.1, -0.05) is 30.4 Å². The molecule has 2 unspecified atom stereocenters. The Kier molecular flexibility index (Phi) is 6.58. The third-order valence-corrected chi connectivity index (χ3v) is 7.70. The predicted molar refractivity (Wildman–Crippen MR) is 125 cm³/mol. The molecule has 0 saturated carbocycles. The van der Waals surface area contributed by atoms with Crippen molar-refractivity contribution in [3.8, 4) is 5.75 Å². The maximum atomic E-state index is 13.1. The molecule has 2 aliphatic rings. The van der Waals surface area contributed by atoms with E-state index in [1.165, 1.54) is 12.1 Å². The van der Waals surface area contributed by atoms with Crippen molar-refractivity contribution < 1.29 is 32.6 Å². The SMILES string of the molecule is COC(=O)C(O)(COc1ccccc1)CS(=O)(=O)c1ccc(N2C=C3C=CCC(=O)C3C2)cc1. The molecule has 2 atom stereocenters. The van der Waals surface area contributed by atoms with Crippen molar-refractivity contribution in [1.82, 2.24) is 0 Å². The molecule has 0 bridgehead atoms. The molecule has 1 N–H and O–H groups in total. The molecular formula is C25H25NO7S. The van der Waals surface area contributed by atoms with Crippen molar-refractivity contribution in [2.75, 3.05) is 30.9 Å². The number of rotatable bonds is 8. The number of fused-ring (bicyclic) bond motifs is 1. The van der Waals surface area contributed by atoms with Crippen molar-refractivity contribution in [3.63, 3.8) is 0 Å². The summed E-state index contributed by atoms with van der Waals surface area (Å²) >= 11 is 0. The average Bonchev–Trinajstić information content (AvgIpc) is 3.28. The highest BCUT2D eigenvalue weighted by atomic mass is 32.2. The van der Waals surface area contributed by atoms with E-state index >= 15 is 0 Å². The van der Waals surface area contributed by atoms with Gasteiger partial charge >= 0.3 is 5.97 Å². The molecule has 0 spiro atoms. The maximum absolute atomic E-state index is 13.1. The first-order chi connectivity index (χ1) is 16.2. The van der Waals surface area contributed by atoms with Crippen LogP contribution in [0.4, 0.5) is 5.69 Å². The van der Waals surface area contributed by atoms with Crippen LogP contribution in [0, 0.1) is 5.92 Å². The number of ether oxygens (including phenoxy) is 2. The van der Waals surface area contributed by atoms with E-state index in [1.807, 2.05) is 23.3 Å². The van der Waals surface area contributed by atoms with Crippen LogP contribution in [0.2, 0.25) is 0 Å². The van der Waals surface area contributed by atoms with E-state index in [4.69, 9.17) is 4.74 Å². The molecule has 1 heterocycles. The zero-order chi connectivity index (χ0) is 24.3. The number of carbonyl (C=O) groups is 2. The highest BCUT2D eigenvalue weighted by Crippen LogP contribution is 2.32. The van der Waals surface area contributed by atoms with Gasteiger partial charge < -0.3 is 19.5 Å². The molecule has 0 fully saturated rings. The number of benzene rings is 2. The van der Waals surface area contributed by atoms with Crippen molar-refractivity contribution in [2.45, 2.75) is 16.9 Å². The summed E-state index contributed by atoms with van der Waals surface area (Å²) in [7, 11) is -3.01. The Morgan fingerprint density at radius 3 is 2.50 bits per heavy atom. The number of aliphatic hydroxyl groups is 1. The first-order valence-electron chi connectivity index (χ1n) is 10.7. The lowest BCUT2D eigenvalue weighted by Crippen LogP contribution is -2.50. The summed E-state index contributed by atoms with van der Waals surface area (Å²) in [6.45, 7) is -0.0885. The van der Waals surface area contributed by atoms with Crippen molar-refractivity contribution in [3.05, 3.63) is 78.5 Å². The Morgan fingerprint density at radius 1 is 1.15 bits per heavy atom. The van der Waals surface area contributed by atoms with Crippen LogP contribution in [0.3, 0.4) is 0 Å². The monoisotopic (exact) mass is 483 g/mol. The summed E-state index contributed by atoms with van der Waals surface area (Å²) in [4.78, 5) is 26.3. The van der Waals surface area contributed by atoms with Crippen LogP contribution in [-0.4, -0.2) is 56.9 Å². The summed E-state index contributed by atoms with van der Waals surface area (Å²) in [6, 6.07) is 14.5. The second kappa shape index (κ2) is 9.44. The van der Waals surface area contributed by atoms with E-state index < -0.39 is 33.8 Å². The van der Waals surface area contributed by atoms with Crippen LogP contribution < -0.4 is 9.64 Å².